The van der Waals surface area contributed by atoms with Crippen LogP contribution < -0.4 is 15.2 Å². The summed E-state index contributed by atoms with van der Waals surface area (Å²) in [6.07, 6.45) is 0. The summed E-state index contributed by atoms with van der Waals surface area (Å²) in [4.78, 5) is 12.8. The highest BCUT2D eigenvalue weighted by Crippen LogP contribution is 2.44. The van der Waals surface area contributed by atoms with Crippen molar-refractivity contribution in [2.75, 3.05) is 0 Å². The van der Waals surface area contributed by atoms with Crippen LogP contribution in [0.3, 0.4) is 0 Å². The quantitative estimate of drug-likeness (QED) is 0.736. The second kappa shape index (κ2) is 5.25. The maximum Gasteiger partial charge on any atom is 0.240 e. The smallest absolute Gasteiger partial charge is 0.240 e. The maximum absolute atomic E-state index is 12.8. The molecule has 2 N–H and O–H groups in total. The number of nitrogens with zero attached hydrogens (tertiary/aromatic N) is 1. The van der Waals surface area contributed by atoms with Gasteiger partial charge in [0.25, 0.3) is 0 Å². The minimum Gasteiger partial charge on any atom is -0.465 e. The van der Waals surface area contributed by atoms with Crippen molar-refractivity contribution in [3.8, 4) is 11.8 Å². The minimum atomic E-state index is -0.652. The van der Waals surface area contributed by atoms with Gasteiger partial charge in [0.05, 0.1) is 11.5 Å². The van der Waals surface area contributed by atoms with Crippen molar-refractivity contribution in [1.82, 2.24) is 0 Å². The van der Waals surface area contributed by atoms with Gasteiger partial charge < -0.3 is 14.9 Å². The molecule has 24 heavy (non-hydrogen) atoms. The molecule has 3 aromatic rings. The zero-order valence-electron chi connectivity index (χ0n) is 12.7. The molecule has 1 aromatic carbocycles. The summed E-state index contributed by atoms with van der Waals surface area (Å²) in [5.74, 6) is 0.970. The Morgan fingerprint density at radius 3 is 2.75 bits per heavy atom. The molecule has 0 aliphatic carbocycles. The van der Waals surface area contributed by atoms with E-state index in [0.29, 0.717) is 22.8 Å². The standard InChI is InChI=1S/C18H12N2O3S/c1-9-6-7-12(22-9)14-11(8-19)17(20)23-16-10-4-2-3-5-13(10)24-18(21)15(14)16/h2-7,14H,20H2,1H3/t14-/m1/s1. The van der Waals surface area contributed by atoms with E-state index < -0.39 is 5.92 Å². The van der Waals surface area contributed by atoms with Crippen LogP contribution in [0.5, 0.6) is 5.75 Å². The topological polar surface area (TPSA) is 89.3 Å². The second-order valence-electron chi connectivity index (χ2n) is 5.50. The van der Waals surface area contributed by atoms with Gasteiger partial charge in [0, 0.05) is 10.1 Å². The number of furan rings is 1. The van der Waals surface area contributed by atoms with Crippen LogP contribution in [0.4, 0.5) is 0 Å². The first-order chi connectivity index (χ1) is 11.6. The number of fused-ring (bicyclic) bond motifs is 3. The summed E-state index contributed by atoms with van der Waals surface area (Å²) in [6, 6.07) is 13.1. The summed E-state index contributed by atoms with van der Waals surface area (Å²) in [5.41, 5.74) is 6.57. The van der Waals surface area contributed by atoms with E-state index in [0.717, 1.165) is 21.4 Å². The number of benzene rings is 1. The van der Waals surface area contributed by atoms with E-state index in [4.69, 9.17) is 14.9 Å². The Morgan fingerprint density at radius 1 is 1.25 bits per heavy atom. The van der Waals surface area contributed by atoms with Gasteiger partial charge in [0.15, 0.2) is 0 Å². The molecule has 4 rings (SSSR count). The SMILES string of the molecule is Cc1ccc([C@H]2C(C#N)=C(N)Oc3c2c(=O)sc2ccccc32)o1. The molecule has 0 fully saturated rings. The molecule has 118 valence electrons. The van der Waals surface area contributed by atoms with Crippen LogP contribution >= 0.6 is 11.3 Å². The molecular weight excluding hydrogens is 324 g/mol. The van der Waals surface area contributed by atoms with Crippen LogP contribution in [0.15, 0.2) is 57.1 Å². The zero-order valence-corrected chi connectivity index (χ0v) is 13.5. The number of hydrogen-bond acceptors (Lipinski definition) is 6. The molecule has 5 nitrogen and oxygen atoms in total. The van der Waals surface area contributed by atoms with Gasteiger partial charge in [-0.2, -0.15) is 5.26 Å². The molecule has 1 aliphatic rings. The van der Waals surface area contributed by atoms with E-state index in [2.05, 4.69) is 6.07 Å². The fraction of sp³-hybridized carbons (Fsp3) is 0.111. The van der Waals surface area contributed by atoms with Gasteiger partial charge in [-0.05, 0) is 31.2 Å². The van der Waals surface area contributed by atoms with Crippen molar-refractivity contribution in [2.45, 2.75) is 12.8 Å². The van der Waals surface area contributed by atoms with Crippen LogP contribution in [-0.4, -0.2) is 0 Å². The van der Waals surface area contributed by atoms with Crippen LogP contribution in [0.1, 0.15) is 23.0 Å². The average molecular weight is 336 g/mol. The normalized spacial score (nSPS) is 16.6. The van der Waals surface area contributed by atoms with E-state index in [9.17, 15) is 10.1 Å². The molecule has 1 atom stereocenters. The Bertz CT molecular complexity index is 1100. The Hall–Kier alpha value is -3.04. The number of hydrogen-bond donors (Lipinski definition) is 1. The Kier molecular flexibility index (Phi) is 3.18. The van der Waals surface area contributed by atoms with Crippen molar-refractivity contribution < 1.29 is 9.15 Å². The van der Waals surface area contributed by atoms with E-state index in [1.807, 2.05) is 31.2 Å². The molecule has 0 spiro atoms. The average Bonchev–Trinajstić information content (AvgIpc) is 3.00. The van der Waals surface area contributed by atoms with Gasteiger partial charge in [0.1, 0.15) is 28.9 Å². The predicted octanol–water partition coefficient (Wildman–Crippen LogP) is 3.38. The molecule has 0 radical (unpaired) electrons. The van der Waals surface area contributed by atoms with Crippen molar-refractivity contribution in [2.24, 2.45) is 5.73 Å². The first kappa shape index (κ1) is 14.5. The first-order valence-electron chi connectivity index (χ1n) is 7.30. The summed E-state index contributed by atoms with van der Waals surface area (Å²) < 4.78 is 12.0. The molecular formula is C18H12N2O3S. The molecule has 1 aliphatic heterocycles. The van der Waals surface area contributed by atoms with Crippen LogP contribution in [0, 0.1) is 18.3 Å². The number of allylic oxidation sites excluding steroid dienone is 1. The lowest BCUT2D eigenvalue weighted by atomic mass is 9.88. The Morgan fingerprint density at radius 2 is 2.04 bits per heavy atom. The highest BCUT2D eigenvalue weighted by Gasteiger charge is 2.36. The van der Waals surface area contributed by atoms with Gasteiger partial charge in [-0.15, -0.1) is 0 Å². The third-order valence-electron chi connectivity index (χ3n) is 4.02. The molecule has 0 amide bonds. The van der Waals surface area contributed by atoms with Crippen LogP contribution in [0.25, 0.3) is 10.1 Å². The Balaban J connectivity index is 2.10. The fourth-order valence-corrected chi connectivity index (χ4v) is 3.90. The van der Waals surface area contributed by atoms with Gasteiger partial charge in [-0.25, -0.2) is 0 Å². The van der Waals surface area contributed by atoms with E-state index in [1.54, 1.807) is 12.1 Å². The number of aryl methyl sites for hydroxylation is 1. The molecule has 6 heteroatoms. The highest BCUT2D eigenvalue weighted by molar-refractivity contribution is 7.16. The van der Waals surface area contributed by atoms with Crippen molar-refractivity contribution in [3.63, 3.8) is 0 Å². The Labute approximate surface area is 141 Å². The lowest BCUT2D eigenvalue weighted by Gasteiger charge is -2.24. The third-order valence-corrected chi connectivity index (χ3v) is 5.00. The summed E-state index contributed by atoms with van der Waals surface area (Å²) in [6.45, 7) is 1.81. The lowest BCUT2D eigenvalue weighted by molar-refractivity contribution is 0.386. The number of nitrogens with two attached hydrogens (primary N) is 1. The summed E-state index contributed by atoms with van der Waals surface area (Å²) >= 11 is 1.13. The van der Waals surface area contributed by atoms with Crippen LogP contribution in [-0.2, 0) is 0 Å². The highest BCUT2D eigenvalue weighted by atomic mass is 32.1. The van der Waals surface area contributed by atoms with Gasteiger partial charge in [-0.1, -0.05) is 23.5 Å². The van der Waals surface area contributed by atoms with Crippen molar-refractivity contribution >= 4 is 21.4 Å². The molecule has 3 heterocycles. The summed E-state index contributed by atoms with van der Waals surface area (Å²) in [7, 11) is 0. The first-order valence-corrected chi connectivity index (χ1v) is 8.11. The predicted molar refractivity (Wildman–Crippen MR) is 90.8 cm³/mol. The molecule has 0 saturated heterocycles. The monoisotopic (exact) mass is 336 g/mol. The van der Waals surface area contributed by atoms with Gasteiger partial charge >= 0.3 is 0 Å². The van der Waals surface area contributed by atoms with E-state index in [1.165, 1.54) is 0 Å². The lowest BCUT2D eigenvalue weighted by Crippen LogP contribution is -2.25. The molecule has 0 bridgehead atoms. The largest absolute Gasteiger partial charge is 0.465 e. The van der Waals surface area contributed by atoms with E-state index in [-0.39, 0.29) is 16.2 Å². The fourth-order valence-electron chi connectivity index (χ4n) is 2.96. The van der Waals surface area contributed by atoms with Gasteiger partial charge in [-0.3, -0.25) is 4.79 Å². The molecule has 2 aromatic heterocycles. The summed E-state index contributed by atoms with van der Waals surface area (Å²) in [5, 5.41) is 10.3. The second-order valence-corrected chi connectivity index (χ2v) is 6.52. The number of rotatable bonds is 1. The minimum absolute atomic E-state index is 0.00445. The van der Waals surface area contributed by atoms with Crippen LogP contribution in [0.2, 0.25) is 0 Å². The number of nitriles is 1. The zero-order chi connectivity index (χ0) is 16.8. The number of ether oxygens (including phenoxy) is 1. The molecule has 0 unspecified atom stereocenters. The van der Waals surface area contributed by atoms with Crippen molar-refractivity contribution in [3.05, 3.63) is 74.5 Å². The molecule has 0 saturated carbocycles. The third kappa shape index (κ3) is 2.02. The maximum atomic E-state index is 12.8. The van der Waals surface area contributed by atoms with E-state index >= 15 is 0 Å². The van der Waals surface area contributed by atoms with Gasteiger partial charge in [0.2, 0.25) is 10.6 Å². The van der Waals surface area contributed by atoms with Crippen molar-refractivity contribution in [1.29, 1.82) is 5.26 Å².